The summed E-state index contributed by atoms with van der Waals surface area (Å²) in [5, 5.41) is 11.5. The highest BCUT2D eigenvalue weighted by Crippen LogP contribution is 2.42. The van der Waals surface area contributed by atoms with Crippen LogP contribution in [-0.4, -0.2) is 33.9 Å². The van der Waals surface area contributed by atoms with E-state index in [1.807, 2.05) is 37.3 Å². The van der Waals surface area contributed by atoms with Crippen molar-refractivity contribution < 1.29 is 29.0 Å². The molecule has 2 heterocycles. The van der Waals surface area contributed by atoms with Crippen molar-refractivity contribution in [3.8, 4) is 5.75 Å². The molecule has 1 atom stereocenters. The van der Waals surface area contributed by atoms with E-state index in [0.717, 1.165) is 11.1 Å². The minimum atomic E-state index is -0.943. The molecule has 4 aromatic rings. The Kier molecular flexibility index (Phi) is 8.15. The molecule has 212 valence electrons. The third kappa shape index (κ3) is 5.78. The Labute approximate surface area is 243 Å². The Balaban J connectivity index is 1.51. The molecule has 1 amide bonds. The summed E-state index contributed by atoms with van der Waals surface area (Å²) in [5.41, 5.74) is 3.32. The predicted octanol–water partition coefficient (Wildman–Crippen LogP) is 6.16. The minimum Gasteiger partial charge on any atom is -0.507 e. The molecule has 0 bridgehead atoms. The quantitative estimate of drug-likeness (QED) is 0.119. The van der Waals surface area contributed by atoms with Crippen molar-refractivity contribution in [2.24, 2.45) is 0 Å². The van der Waals surface area contributed by atoms with E-state index in [-0.39, 0.29) is 17.4 Å². The summed E-state index contributed by atoms with van der Waals surface area (Å²) in [5.74, 6) is -1.79. The summed E-state index contributed by atoms with van der Waals surface area (Å²) in [4.78, 5) is 44.7. The van der Waals surface area contributed by atoms with Crippen LogP contribution in [-0.2, 0) is 20.9 Å². The van der Waals surface area contributed by atoms with Gasteiger partial charge in [-0.1, -0.05) is 36.4 Å². The maximum Gasteiger partial charge on any atom is 0.338 e. The lowest BCUT2D eigenvalue weighted by molar-refractivity contribution is -0.132. The monoisotopic (exact) mass is 562 g/mol. The van der Waals surface area contributed by atoms with Crippen LogP contribution in [0.4, 0.5) is 5.69 Å². The van der Waals surface area contributed by atoms with Crippen LogP contribution in [0.3, 0.4) is 0 Å². The lowest BCUT2D eigenvalue weighted by atomic mass is 9.95. The fourth-order valence-electron chi connectivity index (χ4n) is 4.84. The molecule has 1 unspecified atom stereocenters. The van der Waals surface area contributed by atoms with Crippen LogP contribution in [0.5, 0.6) is 5.75 Å². The van der Waals surface area contributed by atoms with Crippen LogP contribution in [0.25, 0.3) is 5.76 Å². The maximum atomic E-state index is 13.5. The van der Waals surface area contributed by atoms with Crippen LogP contribution in [0.1, 0.15) is 52.5 Å². The zero-order valence-corrected chi connectivity index (χ0v) is 23.5. The van der Waals surface area contributed by atoms with Crippen molar-refractivity contribution in [3.63, 3.8) is 0 Å². The largest absolute Gasteiger partial charge is 0.507 e. The van der Waals surface area contributed by atoms with Crippen LogP contribution in [0.2, 0.25) is 0 Å². The van der Waals surface area contributed by atoms with Gasteiger partial charge in [-0.15, -0.1) is 0 Å². The number of hydrogen-bond acceptors (Lipinski definition) is 7. The fraction of sp³-hybridized carbons (Fsp3) is 0.176. The van der Waals surface area contributed by atoms with E-state index in [4.69, 9.17) is 9.47 Å². The second-order valence-corrected chi connectivity index (χ2v) is 10.2. The van der Waals surface area contributed by atoms with E-state index in [1.54, 1.807) is 68.7 Å². The van der Waals surface area contributed by atoms with Gasteiger partial charge in [0.05, 0.1) is 23.3 Å². The highest BCUT2D eigenvalue weighted by Gasteiger charge is 2.47. The molecule has 0 aliphatic carbocycles. The van der Waals surface area contributed by atoms with Crippen molar-refractivity contribution >= 4 is 29.1 Å². The number of rotatable bonds is 8. The van der Waals surface area contributed by atoms with Crippen LogP contribution in [0.15, 0.2) is 103 Å². The van der Waals surface area contributed by atoms with Gasteiger partial charge >= 0.3 is 5.97 Å². The Morgan fingerprint density at radius 1 is 0.952 bits per heavy atom. The number of esters is 1. The van der Waals surface area contributed by atoms with Gasteiger partial charge in [0.2, 0.25) is 0 Å². The summed E-state index contributed by atoms with van der Waals surface area (Å²) >= 11 is 0. The number of aromatic nitrogens is 1. The topological polar surface area (TPSA) is 106 Å². The van der Waals surface area contributed by atoms with Crippen LogP contribution >= 0.6 is 0 Å². The molecule has 0 saturated carbocycles. The number of benzene rings is 3. The molecule has 8 nitrogen and oxygen atoms in total. The molecular weight excluding hydrogens is 532 g/mol. The average Bonchev–Trinajstić information content (AvgIpc) is 3.26. The van der Waals surface area contributed by atoms with Crippen molar-refractivity contribution in [1.82, 2.24) is 4.98 Å². The molecular formula is C34H30N2O6. The molecule has 1 aliphatic heterocycles. The standard InChI is InChI=1S/C34H30N2O6/c1-21(2)42-34(40)24-11-14-27(15-12-24)36-30(26-10-7-17-35-19-26)29(32(38)33(36)39)31(37)25-13-16-28(22(3)18-25)41-20-23-8-5-4-6-9-23/h4-19,21,30,37H,20H2,1-3H3/b31-29-. The highest BCUT2D eigenvalue weighted by atomic mass is 16.5. The number of carbonyl (C=O) groups is 3. The first-order chi connectivity index (χ1) is 20.2. The van der Waals surface area contributed by atoms with E-state index in [9.17, 15) is 19.5 Å². The van der Waals surface area contributed by atoms with Crippen molar-refractivity contribution in [3.05, 3.63) is 131 Å². The molecule has 1 saturated heterocycles. The van der Waals surface area contributed by atoms with Gasteiger partial charge in [0.25, 0.3) is 11.7 Å². The molecule has 5 rings (SSSR count). The number of Topliss-reactive ketones (excluding diaryl/α,β-unsaturated/α-hetero) is 1. The van der Waals surface area contributed by atoms with E-state index in [2.05, 4.69) is 4.98 Å². The van der Waals surface area contributed by atoms with Gasteiger partial charge in [0.15, 0.2) is 0 Å². The number of nitrogens with zero attached hydrogens (tertiary/aromatic N) is 2. The molecule has 8 heteroatoms. The van der Waals surface area contributed by atoms with E-state index in [0.29, 0.717) is 34.7 Å². The molecule has 1 aliphatic rings. The summed E-state index contributed by atoms with van der Waals surface area (Å²) in [6, 6.07) is 23.6. The zero-order chi connectivity index (χ0) is 29.8. The van der Waals surface area contributed by atoms with Gasteiger partial charge in [-0.25, -0.2) is 4.79 Å². The molecule has 1 N–H and O–H groups in total. The molecule has 1 fully saturated rings. The second kappa shape index (κ2) is 12.1. The first-order valence-electron chi connectivity index (χ1n) is 13.5. The van der Waals surface area contributed by atoms with Gasteiger partial charge in [0, 0.05) is 23.6 Å². The molecule has 3 aromatic carbocycles. The second-order valence-electron chi connectivity index (χ2n) is 10.2. The predicted molar refractivity (Wildman–Crippen MR) is 158 cm³/mol. The summed E-state index contributed by atoms with van der Waals surface area (Å²) in [7, 11) is 0. The number of ketones is 1. The fourth-order valence-corrected chi connectivity index (χ4v) is 4.84. The van der Waals surface area contributed by atoms with E-state index in [1.165, 1.54) is 17.0 Å². The first-order valence-corrected chi connectivity index (χ1v) is 13.5. The molecule has 1 aromatic heterocycles. The number of pyridine rings is 1. The SMILES string of the molecule is Cc1cc(/C(O)=C2/C(=O)C(=O)N(c3ccc(C(=O)OC(C)C)cc3)C2c2cccnc2)ccc1OCc1ccccc1. The summed E-state index contributed by atoms with van der Waals surface area (Å²) in [6.07, 6.45) is 2.85. The smallest absolute Gasteiger partial charge is 0.338 e. The van der Waals surface area contributed by atoms with Crippen LogP contribution < -0.4 is 9.64 Å². The summed E-state index contributed by atoms with van der Waals surface area (Å²) < 4.78 is 11.2. The number of aliphatic hydroxyl groups excluding tert-OH is 1. The van der Waals surface area contributed by atoms with Crippen molar-refractivity contribution in [1.29, 1.82) is 0 Å². The summed E-state index contributed by atoms with van der Waals surface area (Å²) in [6.45, 7) is 5.74. The lowest BCUT2D eigenvalue weighted by Gasteiger charge is -2.25. The third-order valence-corrected chi connectivity index (χ3v) is 6.85. The Bertz CT molecular complexity index is 1650. The third-order valence-electron chi connectivity index (χ3n) is 6.85. The minimum absolute atomic E-state index is 0.0614. The van der Waals surface area contributed by atoms with E-state index >= 15 is 0 Å². The number of amides is 1. The average molecular weight is 563 g/mol. The van der Waals surface area contributed by atoms with Crippen LogP contribution in [0, 0.1) is 6.92 Å². The molecule has 0 spiro atoms. The number of hydrogen-bond donors (Lipinski definition) is 1. The van der Waals surface area contributed by atoms with E-state index < -0.39 is 23.7 Å². The van der Waals surface area contributed by atoms with Crippen molar-refractivity contribution in [2.75, 3.05) is 4.90 Å². The first kappa shape index (κ1) is 28.3. The van der Waals surface area contributed by atoms with Gasteiger partial charge in [-0.3, -0.25) is 19.5 Å². The zero-order valence-electron chi connectivity index (χ0n) is 23.5. The van der Waals surface area contributed by atoms with Crippen molar-refractivity contribution in [2.45, 2.75) is 39.5 Å². The number of ether oxygens (including phenoxy) is 2. The number of carbonyl (C=O) groups excluding carboxylic acids is 3. The lowest BCUT2D eigenvalue weighted by Crippen LogP contribution is -2.29. The van der Waals surface area contributed by atoms with Gasteiger partial charge in [-0.2, -0.15) is 0 Å². The number of aryl methyl sites for hydroxylation is 1. The number of anilines is 1. The Morgan fingerprint density at radius 3 is 2.31 bits per heavy atom. The molecule has 42 heavy (non-hydrogen) atoms. The highest BCUT2D eigenvalue weighted by molar-refractivity contribution is 6.51. The van der Waals surface area contributed by atoms with Gasteiger partial charge < -0.3 is 14.6 Å². The Morgan fingerprint density at radius 2 is 1.67 bits per heavy atom. The van der Waals surface area contributed by atoms with Gasteiger partial charge in [-0.05, 0) is 86.0 Å². The Hall–Kier alpha value is -5.24. The molecule has 0 radical (unpaired) electrons. The maximum absolute atomic E-state index is 13.5. The number of aliphatic hydroxyl groups is 1. The normalized spacial score (nSPS) is 16.1. The van der Waals surface area contributed by atoms with Gasteiger partial charge in [0.1, 0.15) is 18.1 Å².